The van der Waals surface area contributed by atoms with Crippen LogP contribution < -0.4 is 5.43 Å². The topological polar surface area (TPSA) is 93.4 Å². The number of nitrogens with zero attached hydrogens (tertiary/aromatic N) is 1. The summed E-state index contributed by atoms with van der Waals surface area (Å²) in [7, 11) is -3.63. The number of carbonyl (C=O) groups is 1. The van der Waals surface area contributed by atoms with Gasteiger partial charge in [0.15, 0.2) is 15.3 Å². The Labute approximate surface area is 151 Å². The third kappa shape index (κ3) is 2.41. The molecular formula is C19H19NO5S. The van der Waals surface area contributed by atoms with Crippen LogP contribution in [0.2, 0.25) is 0 Å². The van der Waals surface area contributed by atoms with Gasteiger partial charge in [-0.25, -0.2) is 13.2 Å². The molecule has 0 saturated carbocycles. The van der Waals surface area contributed by atoms with E-state index in [1.54, 1.807) is 17.6 Å². The van der Waals surface area contributed by atoms with Crippen molar-refractivity contribution in [3.63, 3.8) is 0 Å². The van der Waals surface area contributed by atoms with Crippen molar-refractivity contribution in [3.8, 4) is 11.3 Å². The first kappa shape index (κ1) is 17.0. The summed E-state index contributed by atoms with van der Waals surface area (Å²) in [5.74, 6) is -1.58. The summed E-state index contributed by atoms with van der Waals surface area (Å²) in [6.07, 6.45) is 3.79. The number of carboxylic acid groups (broad SMARTS) is 1. The Bertz CT molecular complexity index is 1110. The minimum atomic E-state index is -3.63. The Morgan fingerprint density at radius 2 is 1.81 bits per heavy atom. The Morgan fingerprint density at radius 3 is 2.42 bits per heavy atom. The van der Waals surface area contributed by atoms with Crippen LogP contribution >= 0.6 is 0 Å². The van der Waals surface area contributed by atoms with Crippen molar-refractivity contribution < 1.29 is 18.3 Å². The van der Waals surface area contributed by atoms with E-state index in [4.69, 9.17) is 0 Å². The van der Waals surface area contributed by atoms with Crippen LogP contribution in [-0.4, -0.2) is 24.1 Å². The highest BCUT2D eigenvalue weighted by atomic mass is 32.2. The van der Waals surface area contributed by atoms with E-state index < -0.39 is 21.2 Å². The van der Waals surface area contributed by atoms with Gasteiger partial charge < -0.3 is 9.67 Å². The summed E-state index contributed by atoms with van der Waals surface area (Å²) < 4.78 is 27.2. The lowest BCUT2D eigenvalue weighted by molar-refractivity contribution is 0.0684. The fourth-order valence-electron chi connectivity index (χ4n) is 4.12. The highest BCUT2D eigenvalue weighted by molar-refractivity contribution is 7.90. The Morgan fingerprint density at radius 1 is 1.15 bits per heavy atom. The number of sulfone groups is 1. The maximum atomic E-state index is 12.8. The van der Waals surface area contributed by atoms with E-state index in [0.717, 1.165) is 42.9 Å². The molecule has 4 rings (SSSR count). The van der Waals surface area contributed by atoms with E-state index >= 15 is 0 Å². The molecule has 2 aliphatic rings. The van der Waals surface area contributed by atoms with Crippen LogP contribution in [0.3, 0.4) is 0 Å². The second kappa shape index (κ2) is 5.81. The first-order chi connectivity index (χ1) is 12.3. The number of hydrogen-bond acceptors (Lipinski definition) is 4. The number of benzene rings is 1. The molecule has 0 saturated heterocycles. The molecule has 6 nitrogen and oxygen atoms in total. The SMILES string of the molecule is CCn1c(C(=O)O)cc(=O)c2c1-c1cc3c(cc1S(=O)(=O)C2)CCCC3. The number of fused-ring (bicyclic) bond motifs is 4. The van der Waals surface area contributed by atoms with E-state index in [2.05, 4.69) is 0 Å². The number of carboxylic acids is 1. The van der Waals surface area contributed by atoms with Gasteiger partial charge in [0.1, 0.15) is 5.69 Å². The molecule has 0 amide bonds. The fraction of sp³-hybridized carbons (Fsp3) is 0.368. The second-order valence-electron chi connectivity index (χ2n) is 6.85. The normalized spacial score (nSPS) is 17.1. The third-order valence-corrected chi connectivity index (χ3v) is 6.99. The molecule has 0 fully saturated rings. The molecular weight excluding hydrogens is 354 g/mol. The fourth-order valence-corrected chi connectivity index (χ4v) is 5.74. The Hall–Kier alpha value is -2.41. The summed E-state index contributed by atoms with van der Waals surface area (Å²) in [6, 6.07) is 4.63. The maximum Gasteiger partial charge on any atom is 0.352 e. The van der Waals surface area contributed by atoms with Gasteiger partial charge >= 0.3 is 5.97 Å². The maximum absolute atomic E-state index is 12.8. The molecule has 1 aromatic carbocycles. The lowest BCUT2D eigenvalue weighted by Crippen LogP contribution is -2.28. The number of rotatable bonds is 2. The molecule has 1 aromatic heterocycles. The van der Waals surface area contributed by atoms with Gasteiger partial charge in [-0.3, -0.25) is 4.79 Å². The molecule has 0 bridgehead atoms. The zero-order chi connectivity index (χ0) is 18.6. The molecule has 1 aliphatic heterocycles. The molecule has 0 unspecified atom stereocenters. The van der Waals surface area contributed by atoms with Crippen LogP contribution in [0.4, 0.5) is 0 Å². The molecule has 26 heavy (non-hydrogen) atoms. The quantitative estimate of drug-likeness (QED) is 0.872. The van der Waals surface area contributed by atoms with E-state index in [0.29, 0.717) is 17.8 Å². The molecule has 1 N–H and O–H groups in total. The first-order valence-electron chi connectivity index (χ1n) is 8.72. The first-order valence-corrected chi connectivity index (χ1v) is 10.4. The predicted molar refractivity (Wildman–Crippen MR) is 96.3 cm³/mol. The number of aromatic nitrogens is 1. The summed E-state index contributed by atoms with van der Waals surface area (Å²) >= 11 is 0. The molecule has 7 heteroatoms. The number of aryl methyl sites for hydroxylation is 2. The Kier molecular flexibility index (Phi) is 3.80. The molecule has 0 radical (unpaired) electrons. The standard InChI is InChI=1S/C19H19NO5S/c1-2-20-15(19(22)23)9-16(21)14-10-26(24,25)17-8-12-6-4-3-5-11(12)7-13(17)18(14)20/h7-9H,2-6,10H2,1H3,(H,22,23). The van der Waals surface area contributed by atoms with Crippen LogP contribution in [0.15, 0.2) is 27.9 Å². The van der Waals surface area contributed by atoms with Crippen molar-refractivity contribution in [3.05, 3.63) is 50.8 Å². The van der Waals surface area contributed by atoms with Crippen molar-refractivity contribution >= 4 is 15.8 Å². The number of hydrogen-bond donors (Lipinski definition) is 1. The van der Waals surface area contributed by atoms with Gasteiger partial charge in [-0.1, -0.05) is 0 Å². The van der Waals surface area contributed by atoms with Gasteiger partial charge in [-0.2, -0.15) is 0 Å². The van der Waals surface area contributed by atoms with Crippen molar-refractivity contribution in [1.29, 1.82) is 0 Å². The molecule has 136 valence electrons. The summed E-state index contributed by atoms with van der Waals surface area (Å²) in [5, 5.41) is 9.49. The molecule has 0 atom stereocenters. The van der Waals surface area contributed by atoms with E-state index in [9.17, 15) is 23.1 Å². The molecule has 2 heterocycles. The van der Waals surface area contributed by atoms with Crippen LogP contribution in [-0.2, 0) is 35.0 Å². The van der Waals surface area contributed by atoms with E-state index in [-0.39, 0.29) is 21.9 Å². The molecule has 2 aromatic rings. The van der Waals surface area contributed by atoms with E-state index in [1.807, 2.05) is 6.07 Å². The highest BCUT2D eigenvalue weighted by Crippen LogP contribution is 2.40. The molecule has 1 aliphatic carbocycles. The minimum Gasteiger partial charge on any atom is -0.477 e. The minimum absolute atomic E-state index is 0.112. The lowest BCUT2D eigenvalue weighted by atomic mass is 9.89. The summed E-state index contributed by atoms with van der Waals surface area (Å²) in [4.78, 5) is 24.3. The second-order valence-corrected chi connectivity index (χ2v) is 8.81. The van der Waals surface area contributed by atoms with E-state index in [1.165, 1.54) is 0 Å². The van der Waals surface area contributed by atoms with Crippen LogP contribution in [0.1, 0.15) is 46.9 Å². The monoisotopic (exact) mass is 373 g/mol. The zero-order valence-electron chi connectivity index (χ0n) is 14.4. The van der Waals surface area contributed by atoms with Gasteiger partial charge in [-0.05, 0) is 55.9 Å². The highest BCUT2D eigenvalue weighted by Gasteiger charge is 2.34. The van der Waals surface area contributed by atoms with Crippen molar-refractivity contribution in [1.82, 2.24) is 4.57 Å². The van der Waals surface area contributed by atoms with Gasteiger partial charge in [0.25, 0.3) is 0 Å². The van der Waals surface area contributed by atoms with Crippen molar-refractivity contribution in [2.75, 3.05) is 0 Å². The predicted octanol–water partition coefficient (Wildman–Crippen LogP) is 2.40. The average Bonchev–Trinajstić information content (AvgIpc) is 2.60. The van der Waals surface area contributed by atoms with Gasteiger partial charge in [0, 0.05) is 23.7 Å². The smallest absolute Gasteiger partial charge is 0.352 e. The Balaban J connectivity index is 2.14. The van der Waals surface area contributed by atoms with Crippen LogP contribution in [0.25, 0.3) is 11.3 Å². The van der Waals surface area contributed by atoms with Crippen LogP contribution in [0.5, 0.6) is 0 Å². The van der Waals surface area contributed by atoms with Crippen LogP contribution in [0, 0.1) is 0 Å². The van der Waals surface area contributed by atoms with Crippen molar-refractivity contribution in [2.45, 2.75) is 49.8 Å². The number of pyridine rings is 1. The molecule has 0 spiro atoms. The largest absolute Gasteiger partial charge is 0.477 e. The zero-order valence-corrected chi connectivity index (χ0v) is 15.2. The van der Waals surface area contributed by atoms with Gasteiger partial charge in [0.2, 0.25) is 0 Å². The van der Waals surface area contributed by atoms with Gasteiger partial charge in [0.05, 0.1) is 16.3 Å². The van der Waals surface area contributed by atoms with Crippen molar-refractivity contribution in [2.24, 2.45) is 0 Å². The summed E-state index contributed by atoms with van der Waals surface area (Å²) in [6.45, 7) is 2.12. The number of aromatic carboxylic acids is 1. The third-order valence-electron chi connectivity index (χ3n) is 5.32. The lowest BCUT2D eigenvalue weighted by Gasteiger charge is -2.27. The summed E-state index contributed by atoms with van der Waals surface area (Å²) in [5.41, 5.74) is 2.56. The van der Waals surface area contributed by atoms with Gasteiger partial charge in [-0.15, -0.1) is 0 Å². The average molecular weight is 373 g/mol.